The highest BCUT2D eigenvalue weighted by Crippen LogP contribution is 2.19. The van der Waals surface area contributed by atoms with Crippen molar-refractivity contribution >= 4 is 15.7 Å². The first-order valence-corrected chi connectivity index (χ1v) is 8.47. The molecule has 0 spiro atoms. The third-order valence-electron chi connectivity index (χ3n) is 3.23. The van der Waals surface area contributed by atoms with Gasteiger partial charge in [0.25, 0.3) is 10.0 Å². The summed E-state index contributed by atoms with van der Waals surface area (Å²) in [6.07, 6.45) is 3.09. The molecule has 6 heteroatoms. The van der Waals surface area contributed by atoms with Crippen molar-refractivity contribution < 1.29 is 17.2 Å². The van der Waals surface area contributed by atoms with Crippen LogP contribution in [0.2, 0.25) is 0 Å². The van der Waals surface area contributed by atoms with Crippen LogP contribution in [0.1, 0.15) is 25.3 Å². The molecule has 2 aromatic carbocycles. The minimum atomic E-state index is -3.94. The van der Waals surface area contributed by atoms with Gasteiger partial charge in [0.15, 0.2) is 11.6 Å². The topological polar surface area (TPSA) is 46.2 Å². The molecule has 0 unspecified atom stereocenters. The predicted octanol–water partition coefficient (Wildman–Crippen LogP) is 4.11. The molecule has 0 aliphatic carbocycles. The number of unbranched alkanes of at least 4 members (excludes halogenated alkanes) is 1. The monoisotopic (exact) mass is 325 g/mol. The molecule has 0 radical (unpaired) electrons. The van der Waals surface area contributed by atoms with E-state index in [-0.39, 0.29) is 4.90 Å². The predicted molar refractivity (Wildman–Crippen MR) is 82.2 cm³/mol. The van der Waals surface area contributed by atoms with Crippen molar-refractivity contribution in [3.05, 3.63) is 59.7 Å². The fraction of sp³-hybridized carbons (Fsp3) is 0.250. The molecular formula is C16H17F2NO2S. The summed E-state index contributed by atoms with van der Waals surface area (Å²) in [4.78, 5) is -0.318. The van der Waals surface area contributed by atoms with E-state index in [1.165, 1.54) is 0 Å². The Morgan fingerprint density at radius 3 is 2.27 bits per heavy atom. The Bertz CT molecular complexity index is 743. The first kappa shape index (κ1) is 16.4. The molecule has 0 saturated carbocycles. The minimum absolute atomic E-state index is 0.318. The lowest BCUT2D eigenvalue weighted by atomic mass is 10.1. The van der Waals surface area contributed by atoms with E-state index in [9.17, 15) is 17.2 Å². The van der Waals surface area contributed by atoms with Crippen molar-refractivity contribution in [2.24, 2.45) is 0 Å². The Balaban J connectivity index is 2.16. The molecule has 2 rings (SSSR count). The van der Waals surface area contributed by atoms with Crippen molar-refractivity contribution in [2.75, 3.05) is 4.72 Å². The van der Waals surface area contributed by atoms with Crippen LogP contribution in [0.3, 0.4) is 0 Å². The van der Waals surface area contributed by atoms with Gasteiger partial charge in [-0.3, -0.25) is 4.72 Å². The second-order valence-electron chi connectivity index (χ2n) is 4.98. The van der Waals surface area contributed by atoms with Gasteiger partial charge in [-0.1, -0.05) is 25.5 Å². The quantitative estimate of drug-likeness (QED) is 0.869. The van der Waals surface area contributed by atoms with Crippen LogP contribution >= 0.6 is 0 Å². The van der Waals surface area contributed by atoms with E-state index < -0.39 is 21.7 Å². The third kappa shape index (κ3) is 4.04. The fourth-order valence-electron chi connectivity index (χ4n) is 1.98. The lowest BCUT2D eigenvalue weighted by molar-refractivity contribution is 0.504. The number of anilines is 1. The zero-order valence-electron chi connectivity index (χ0n) is 12.1. The highest BCUT2D eigenvalue weighted by molar-refractivity contribution is 7.92. The maximum atomic E-state index is 13.2. The maximum absolute atomic E-state index is 13.2. The van der Waals surface area contributed by atoms with E-state index in [2.05, 4.69) is 11.6 Å². The molecular weight excluding hydrogens is 308 g/mol. The van der Waals surface area contributed by atoms with Crippen LogP contribution in [-0.2, 0) is 16.4 Å². The minimum Gasteiger partial charge on any atom is -0.280 e. The molecule has 0 fully saturated rings. The van der Waals surface area contributed by atoms with E-state index in [0.717, 1.165) is 37.0 Å². The van der Waals surface area contributed by atoms with Crippen LogP contribution in [0.15, 0.2) is 47.4 Å². The van der Waals surface area contributed by atoms with Gasteiger partial charge in [0.1, 0.15) is 0 Å². The Morgan fingerprint density at radius 2 is 1.68 bits per heavy atom. The summed E-state index contributed by atoms with van der Waals surface area (Å²) in [5.41, 5.74) is 1.50. The van der Waals surface area contributed by atoms with Crippen molar-refractivity contribution in [3.63, 3.8) is 0 Å². The van der Waals surface area contributed by atoms with E-state index in [0.29, 0.717) is 11.8 Å². The van der Waals surface area contributed by atoms with Gasteiger partial charge in [-0.2, -0.15) is 0 Å². The molecule has 0 aliphatic heterocycles. The number of nitrogens with one attached hydrogen (secondary N) is 1. The Hall–Kier alpha value is -1.95. The molecule has 0 amide bonds. The molecule has 3 nitrogen and oxygen atoms in total. The summed E-state index contributed by atoms with van der Waals surface area (Å²) in [7, 11) is -3.94. The van der Waals surface area contributed by atoms with Gasteiger partial charge in [0, 0.05) is 5.69 Å². The number of hydrogen-bond donors (Lipinski definition) is 1. The summed E-state index contributed by atoms with van der Waals surface area (Å²) < 4.78 is 52.6. The number of halogens is 2. The molecule has 0 heterocycles. The summed E-state index contributed by atoms with van der Waals surface area (Å²) >= 11 is 0. The number of hydrogen-bond acceptors (Lipinski definition) is 2. The number of benzene rings is 2. The second-order valence-corrected chi connectivity index (χ2v) is 6.66. The Labute approximate surface area is 129 Å². The van der Waals surface area contributed by atoms with Gasteiger partial charge >= 0.3 is 0 Å². The van der Waals surface area contributed by atoms with Gasteiger partial charge in [0.05, 0.1) is 4.90 Å². The third-order valence-corrected chi connectivity index (χ3v) is 4.61. The van der Waals surface area contributed by atoms with Crippen LogP contribution in [0.5, 0.6) is 0 Å². The SMILES string of the molecule is CCCCc1ccc(NS(=O)(=O)c2ccc(F)c(F)c2)cc1. The van der Waals surface area contributed by atoms with E-state index in [1.54, 1.807) is 12.1 Å². The molecule has 0 saturated heterocycles. The van der Waals surface area contributed by atoms with Gasteiger partial charge in [-0.25, -0.2) is 17.2 Å². The molecule has 2 aromatic rings. The summed E-state index contributed by atoms with van der Waals surface area (Å²) in [5.74, 6) is -2.28. The van der Waals surface area contributed by atoms with Gasteiger partial charge in [-0.05, 0) is 48.7 Å². The van der Waals surface area contributed by atoms with Crippen LogP contribution in [-0.4, -0.2) is 8.42 Å². The normalized spacial score (nSPS) is 11.4. The number of sulfonamides is 1. The highest BCUT2D eigenvalue weighted by Gasteiger charge is 2.16. The largest absolute Gasteiger partial charge is 0.280 e. The van der Waals surface area contributed by atoms with E-state index in [1.807, 2.05) is 12.1 Å². The molecule has 0 bridgehead atoms. The van der Waals surface area contributed by atoms with Crippen molar-refractivity contribution in [2.45, 2.75) is 31.1 Å². The Kier molecular flexibility index (Phi) is 5.13. The molecule has 0 aliphatic rings. The maximum Gasteiger partial charge on any atom is 0.261 e. The highest BCUT2D eigenvalue weighted by atomic mass is 32.2. The summed E-state index contributed by atoms with van der Waals surface area (Å²) in [6, 6.07) is 9.48. The van der Waals surface area contributed by atoms with Gasteiger partial charge in [-0.15, -0.1) is 0 Å². The van der Waals surface area contributed by atoms with Crippen LogP contribution < -0.4 is 4.72 Å². The Morgan fingerprint density at radius 1 is 1.00 bits per heavy atom. The van der Waals surface area contributed by atoms with E-state index in [4.69, 9.17) is 0 Å². The van der Waals surface area contributed by atoms with Crippen LogP contribution in [0.4, 0.5) is 14.5 Å². The standard InChI is InChI=1S/C16H17F2NO2S/c1-2-3-4-12-5-7-13(8-6-12)19-22(20,21)14-9-10-15(17)16(18)11-14/h5-11,19H,2-4H2,1H3. The first-order valence-electron chi connectivity index (χ1n) is 6.99. The van der Waals surface area contributed by atoms with Crippen molar-refractivity contribution in [1.29, 1.82) is 0 Å². The summed E-state index contributed by atoms with van der Waals surface area (Å²) in [6.45, 7) is 2.10. The van der Waals surface area contributed by atoms with Gasteiger partial charge < -0.3 is 0 Å². The van der Waals surface area contributed by atoms with Crippen LogP contribution in [0.25, 0.3) is 0 Å². The first-order chi connectivity index (χ1) is 10.4. The van der Waals surface area contributed by atoms with E-state index >= 15 is 0 Å². The molecule has 118 valence electrons. The zero-order valence-corrected chi connectivity index (χ0v) is 13.0. The van der Waals surface area contributed by atoms with Crippen LogP contribution in [0, 0.1) is 11.6 Å². The average molecular weight is 325 g/mol. The number of aryl methyl sites for hydroxylation is 1. The lowest BCUT2D eigenvalue weighted by Gasteiger charge is -2.09. The zero-order chi connectivity index (χ0) is 16.2. The molecule has 22 heavy (non-hydrogen) atoms. The summed E-state index contributed by atoms with van der Waals surface area (Å²) in [5, 5.41) is 0. The van der Waals surface area contributed by atoms with Gasteiger partial charge in [0.2, 0.25) is 0 Å². The number of rotatable bonds is 6. The lowest BCUT2D eigenvalue weighted by Crippen LogP contribution is -2.13. The fourth-order valence-corrected chi connectivity index (χ4v) is 3.05. The van der Waals surface area contributed by atoms with Crippen molar-refractivity contribution in [3.8, 4) is 0 Å². The molecule has 1 N–H and O–H groups in total. The molecule has 0 atom stereocenters. The smallest absolute Gasteiger partial charge is 0.261 e. The van der Waals surface area contributed by atoms with Crippen molar-refractivity contribution in [1.82, 2.24) is 0 Å². The second kappa shape index (κ2) is 6.87. The molecule has 0 aromatic heterocycles. The average Bonchev–Trinajstić information content (AvgIpc) is 2.49.